The third-order valence-electron chi connectivity index (χ3n) is 3.98. The first-order valence-corrected chi connectivity index (χ1v) is 7.06. The van der Waals surface area contributed by atoms with Crippen molar-refractivity contribution >= 4 is 11.0 Å². The van der Waals surface area contributed by atoms with Gasteiger partial charge in [0.2, 0.25) is 0 Å². The molecule has 3 rings (SSSR count). The lowest BCUT2D eigenvalue weighted by Crippen LogP contribution is -2.38. The van der Waals surface area contributed by atoms with Crippen LogP contribution in [0, 0.1) is 0 Å². The van der Waals surface area contributed by atoms with Crippen molar-refractivity contribution in [2.24, 2.45) is 0 Å². The number of fused-ring (bicyclic) bond motifs is 1. The lowest BCUT2D eigenvalue weighted by Gasteiger charge is -2.28. The van der Waals surface area contributed by atoms with Crippen molar-refractivity contribution in [3.05, 3.63) is 36.1 Å². The molecule has 2 nitrogen and oxygen atoms in total. The van der Waals surface area contributed by atoms with Gasteiger partial charge in [0.15, 0.2) is 5.67 Å². The highest BCUT2D eigenvalue weighted by Crippen LogP contribution is 2.35. The van der Waals surface area contributed by atoms with E-state index < -0.39 is 5.67 Å². The molecule has 1 saturated heterocycles. The van der Waals surface area contributed by atoms with Gasteiger partial charge in [-0.3, -0.25) is 0 Å². The highest BCUT2D eigenvalue weighted by molar-refractivity contribution is 5.77. The Bertz CT molecular complexity index is 522. The molecule has 0 bridgehead atoms. The second-order valence-corrected chi connectivity index (χ2v) is 5.70. The first kappa shape index (κ1) is 12.7. The van der Waals surface area contributed by atoms with Crippen molar-refractivity contribution in [3.63, 3.8) is 0 Å². The van der Waals surface area contributed by atoms with Gasteiger partial charge in [-0.2, -0.15) is 0 Å². The number of nitrogens with one attached hydrogen (secondary N) is 1. The number of benzene rings is 1. The van der Waals surface area contributed by atoms with Crippen LogP contribution in [0.2, 0.25) is 0 Å². The van der Waals surface area contributed by atoms with Gasteiger partial charge >= 0.3 is 0 Å². The molecule has 2 heterocycles. The van der Waals surface area contributed by atoms with E-state index in [9.17, 15) is 4.39 Å². The number of alkyl halides is 1. The summed E-state index contributed by atoms with van der Waals surface area (Å²) in [7, 11) is 0. The Labute approximate surface area is 113 Å². The van der Waals surface area contributed by atoms with Gasteiger partial charge in [0.25, 0.3) is 0 Å². The first-order valence-electron chi connectivity index (χ1n) is 7.06. The van der Waals surface area contributed by atoms with Crippen LogP contribution in [0.15, 0.2) is 34.7 Å². The van der Waals surface area contributed by atoms with E-state index in [4.69, 9.17) is 4.42 Å². The molecule has 0 amide bonds. The van der Waals surface area contributed by atoms with E-state index in [1.807, 2.05) is 30.3 Å². The minimum Gasteiger partial charge on any atom is -0.458 e. The van der Waals surface area contributed by atoms with Crippen molar-refractivity contribution in [2.75, 3.05) is 6.54 Å². The van der Waals surface area contributed by atoms with Crippen LogP contribution in [0.3, 0.4) is 0 Å². The Morgan fingerprint density at radius 2 is 2.21 bits per heavy atom. The van der Waals surface area contributed by atoms with Gasteiger partial charge in [-0.1, -0.05) is 24.6 Å². The zero-order chi connectivity index (χ0) is 13.3. The molecule has 0 aliphatic carbocycles. The predicted molar refractivity (Wildman–Crippen MR) is 74.9 cm³/mol. The van der Waals surface area contributed by atoms with Crippen LogP contribution >= 0.6 is 0 Å². The predicted octanol–water partition coefficient (Wildman–Crippen LogP) is 4.15. The highest BCUT2D eigenvalue weighted by atomic mass is 19.1. The largest absolute Gasteiger partial charge is 0.458 e. The molecule has 102 valence electrons. The summed E-state index contributed by atoms with van der Waals surface area (Å²) in [6.45, 7) is 2.63. The van der Waals surface area contributed by atoms with Crippen molar-refractivity contribution in [2.45, 2.75) is 44.3 Å². The van der Waals surface area contributed by atoms with Gasteiger partial charge in [-0.15, -0.1) is 0 Å². The van der Waals surface area contributed by atoms with Gasteiger partial charge in [-0.05, 0) is 38.4 Å². The summed E-state index contributed by atoms with van der Waals surface area (Å²) >= 11 is 0. The second-order valence-electron chi connectivity index (χ2n) is 5.70. The Balaban J connectivity index is 1.81. The number of halogens is 1. The third kappa shape index (κ3) is 2.66. The van der Waals surface area contributed by atoms with E-state index in [1.165, 1.54) is 12.8 Å². The summed E-state index contributed by atoms with van der Waals surface area (Å²) in [6.07, 6.45) is 3.92. The van der Waals surface area contributed by atoms with Gasteiger partial charge in [0, 0.05) is 17.8 Å². The number of rotatable bonds is 3. The van der Waals surface area contributed by atoms with Gasteiger partial charge in [0.05, 0.1) is 0 Å². The van der Waals surface area contributed by atoms with Crippen molar-refractivity contribution in [1.29, 1.82) is 0 Å². The third-order valence-corrected chi connectivity index (χ3v) is 3.98. The Hall–Kier alpha value is -1.35. The summed E-state index contributed by atoms with van der Waals surface area (Å²) < 4.78 is 20.6. The monoisotopic (exact) mass is 261 g/mol. The molecule has 1 aromatic carbocycles. The van der Waals surface area contributed by atoms with E-state index in [1.54, 1.807) is 6.92 Å². The Morgan fingerprint density at radius 3 is 2.95 bits per heavy atom. The van der Waals surface area contributed by atoms with E-state index >= 15 is 0 Å². The molecule has 1 aliphatic rings. The normalized spacial score (nSPS) is 23.4. The van der Waals surface area contributed by atoms with E-state index in [0.29, 0.717) is 12.2 Å². The molecule has 1 aromatic heterocycles. The average Bonchev–Trinajstić information content (AvgIpc) is 2.84. The molecular weight excluding hydrogens is 241 g/mol. The zero-order valence-electron chi connectivity index (χ0n) is 11.3. The molecule has 1 fully saturated rings. The van der Waals surface area contributed by atoms with Crippen molar-refractivity contribution < 1.29 is 8.81 Å². The fraction of sp³-hybridized carbons (Fsp3) is 0.500. The number of hydrogen-bond donors (Lipinski definition) is 1. The fourth-order valence-electron chi connectivity index (χ4n) is 2.90. The molecular formula is C16H20FNO. The van der Waals surface area contributed by atoms with Crippen LogP contribution in [0.5, 0.6) is 0 Å². The summed E-state index contributed by atoms with van der Waals surface area (Å²) in [4.78, 5) is 0. The number of para-hydroxylation sites is 1. The van der Waals surface area contributed by atoms with Crippen LogP contribution in [-0.2, 0) is 5.67 Å². The number of furan rings is 1. The lowest BCUT2D eigenvalue weighted by molar-refractivity contribution is 0.119. The number of hydrogen-bond acceptors (Lipinski definition) is 2. The average molecular weight is 261 g/mol. The van der Waals surface area contributed by atoms with E-state index in [-0.39, 0.29) is 6.04 Å². The smallest absolute Gasteiger partial charge is 0.166 e. The van der Waals surface area contributed by atoms with Crippen LogP contribution in [0.25, 0.3) is 11.0 Å². The highest BCUT2D eigenvalue weighted by Gasteiger charge is 2.33. The lowest BCUT2D eigenvalue weighted by atomic mass is 9.91. The molecule has 19 heavy (non-hydrogen) atoms. The molecule has 0 spiro atoms. The summed E-state index contributed by atoms with van der Waals surface area (Å²) in [5.41, 5.74) is -0.647. The quantitative estimate of drug-likeness (QED) is 0.898. The molecule has 3 heteroatoms. The van der Waals surface area contributed by atoms with Gasteiger partial charge < -0.3 is 9.73 Å². The molecule has 1 aliphatic heterocycles. The van der Waals surface area contributed by atoms with Crippen LogP contribution < -0.4 is 5.32 Å². The maximum absolute atomic E-state index is 14.9. The number of piperidine rings is 1. The minimum absolute atomic E-state index is 0.261. The molecule has 0 saturated carbocycles. The molecule has 2 aromatic rings. The Kier molecular flexibility index (Phi) is 3.31. The Morgan fingerprint density at radius 1 is 1.37 bits per heavy atom. The summed E-state index contributed by atoms with van der Waals surface area (Å²) in [6, 6.07) is 9.79. The summed E-state index contributed by atoms with van der Waals surface area (Å²) in [5.74, 6) is 0.445. The summed E-state index contributed by atoms with van der Waals surface area (Å²) in [5, 5.41) is 4.37. The molecule has 1 N–H and O–H groups in total. The van der Waals surface area contributed by atoms with Crippen molar-refractivity contribution in [3.8, 4) is 0 Å². The van der Waals surface area contributed by atoms with E-state index in [2.05, 4.69) is 5.32 Å². The fourth-order valence-corrected chi connectivity index (χ4v) is 2.90. The van der Waals surface area contributed by atoms with Crippen LogP contribution in [-0.4, -0.2) is 12.6 Å². The van der Waals surface area contributed by atoms with Crippen LogP contribution in [0.1, 0.15) is 38.4 Å². The zero-order valence-corrected chi connectivity index (χ0v) is 11.3. The van der Waals surface area contributed by atoms with Gasteiger partial charge in [0.1, 0.15) is 11.3 Å². The molecule has 2 unspecified atom stereocenters. The topological polar surface area (TPSA) is 25.2 Å². The maximum atomic E-state index is 14.9. The molecule has 0 radical (unpaired) electrons. The van der Waals surface area contributed by atoms with Crippen LogP contribution in [0.4, 0.5) is 4.39 Å². The van der Waals surface area contributed by atoms with Crippen molar-refractivity contribution in [1.82, 2.24) is 5.32 Å². The standard InChI is InChI=1S/C16H20FNO/c1-16(17,11-13-7-4-5-9-18-13)15-10-12-6-2-3-8-14(12)19-15/h2-3,6,8,10,13,18H,4-5,7,9,11H2,1H3. The SMILES string of the molecule is CC(F)(CC1CCCCN1)c1cc2ccccc2o1. The first-order chi connectivity index (χ1) is 9.15. The maximum Gasteiger partial charge on any atom is 0.166 e. The van der Waals surface area contributed by atoms with Gasteiger partial charge in [-0.25, -0.2) is 4.39 Å². The molecule has 2 atom stereocenters. The second kappa shape index (κ2) is 4.97. The minimum atomic E-state index is -1.41. The van der Waals surface area contributed by atoms with E-state index in [0.717, 1.165) is 23.9 Å².